The molecule has 1 amide bonds. The number of nitrogens with zero attached hydrogens (tertiary/aromatic N) is 3. The van der Waals surface area contributed by atoms with Crippen molar-refractivity contribution in [2.24, 2.45) is 0 Å². The molecule has 4 heterocycles. The van der Waals surface area contributed by atoms with Gasteiger partial charge in [-0.05, 0) is 79.8 Å². The molecule has 1 atom stereocenters. The van der Waals surface area contributed by atoms with Gasteiger partial charge in [-0.1, -0.05) is 12.1 Å². The third-order valence-electron chi connectivity index (χ3n) is 7.19. The highest BCUT2D eigenvalue weighted by atomic mass is 32.1. The van der Waals surface area contributed by atoms with Gasteiger partial charge in [0.2, 0.25) is 0 Å². The molecular weight excluding hydrogens is 510 g/mol. The lowest BCUT2D eigenvalue weighted by atomic mass is 10.1. The fraction of sp³-hybridized carbons (Fsp3) is 0.355. The Morgan fingerprint density at radius 1 is 1.13 bits per heavy atom. The summed E-state index contributed by atoms with van der Waals surface area (Å²) >= 11 is 1.75. The summed E-state index contributed by atoms with van der Waals surface area (Å²) in [6.07, 6.45) is 7.06. The Morgan fingerprint density at radius 2 is 2.08 bits per heavy atom. The fourth-order valence-corrected chi connectivity index (χ4v) is 6.04. The Kier molecular flexibility index (Phi) is 7.65. The lowest BCUT2D eigenvalue weighted by molar-refractivity contribution is -0.0115. The van der Waals surface area contributed by atoms with Gasteiger partial charge in [0.1, 0.15) is 13.2 Å². The Bertz CT molecular complexity index is 1430. The van der Waals surface area contributed by atoms with Crippen LogP contribution in [0.5, 0.6) is 11.5 Å². The van der Waals surface area contributed by atoms with Crippen LogP contribution in [-0.4, -0.2) is 53.1 Å². The first-order valence-corrected chi connectivity index (χ1v) is 14.4. The normalized spacial score (nSPS) is 17.3. The van der Waals surface area contributed by atoms with Gasteiger partial charge < -0.3 is 19.1 Å². The van der Waals surface area contributed by atoms with Crippen molar-refractivity contribution in [1.82, 2.24) is 14.7 Å². The van der Waals surface area contributed by atoms with Crippen LogP contribution in [0.1, 0.15) is 45.6 Å². The van der Waals surface area contributed by atoms with E-state index in [0.29, 0.717) is 38.4 Å². The number of rotatable bonds is 7. The summed E-state index contributed by atoms with van der Waals surface area (Å²) in [6, 6.07) is 18.2. The molecule has 0 radical (unpaired) electrons. The van der Waals surface area contributed by atoms with Gasteiger partial charge >= 0.3 is 0 Å². The number of hydrogen-bond donors (Lipinski definition) is 0. The number of amides is 1. The summed E-state index contributed by atoms with van der Waals surface area (Å²) in [7, 11) is 0. The quantitative estimate of drug-likeness (QED) is 0.288. The molecule has 2 aliphatic rings. The van der Waals surface area contributed by atoms with Gasteiger partial charge in [0.15, 0.2) is 11.5 Å². The van der Waals surface area contributed by atoms with Crippen LogP contribution in [0.4, 0.5) is 0 Å². The van der Waals surface area contributed by atoms with Crippen LogP contribution in [0.3, 0.4) is 0 Å². The maximum Gasteiger partial charge on any atom is 0.254 e. The zero-order valence-electron chi connectivity index (χ0n) is 22.2. The number of thiophene rings is 1. The van der Waals surface area contributed by atoms with E-state index < -0.39 is 0 Å². The number of benzene rings is 2. The van der Waals surface area contributed by atoms with Crippen molar-refractivity contribution >= 4 is 17.2 Å². The molecule has 2 aromatic carbocycles. The van der Waals surface area contributed by atoms with Crippen LogP contribution in [0.2, 0.25) is 0 Å². The van der Waals surface area contributed by atoms with E-state index in [4.69, 9.17) is 14.2 Å². The van der Waals surface area contributed by atoms with E-state index in [-0.39, 0.29) is 12.0 Å². The summed E-state index contributed by atoms with van der Waals surface area (Å²) < 4.78 is 20.4. The van der Waals surface area contributed by atoms with E-state index in [1.54, 1.807) is 17.5 Å². The number of carbonyl (C=O) groups excluding carboxylic acids is 1. The van der Waals surface area contributed by atoms with Crippen LogP contribution in [0, 0.1) is 6.92 Å². The first kappa shape index (κ1) is 25.6. The maximum absolute atomic E-state index is 13.7. The number of hydrogen-bond acceptors (Lipinski definition) is 6. The minimum absolute atomic E-state index is 0.00999. The van der Waals surface area contributed by atoms with E-state index in [9.17, 15) is 4.79 Å². The van der Waals surface area contributed by atoms with Gasteiger partial charge in [-0.3, -0.25) is 9.48 Å². The molecule has 1 saturated heterocycles. The maximum atomic E-state index is 13.7. The standard InChI is InChI=1S/C31H33N3O4S/c1-22-9-10-29(39-22)25-17-26-20-33(31(35)24-7-4-6-23(16-24)19-34-12-5-11-32-34)13-15-37-30(26)28(18-25)38-21-27-8-2-3-14-36-27/h4-7,9-12,16-18,27H,2-3,8,13-15,19-21H2,1H3/t27-/m1/s1. The van der Waals surface area contributed by atoms with Crippen molar-refractivity contribution in [3.8, 4) is 21.9 Å². The summed E-state index contributed by atoms with van der Waals surface area (Å²) in [4.78, 5) is 18.0. The minimum Gasteiger partial charge on any atom is -0.487 e. The largest absolute Gasteiger partial charge is 0.487 e. The molecule has 202 valence electrons. The van der Waals surface area contributed by atoms with Crippen LogP contribution < -0.4 is 9.47 Å². The van der Waals surface area contributed by atoms with Gasteiger partial charge in [-0.15, -0.1) is 11.3 Å². The van der Waals surface area contributed by atoms with E-state index in [2.05, 4.69) is 36.3 Å². The van der Waals surface area contributed by atoms with Crippen molar-refractivity contribution < 1.29 is 19.0 Å². The van der Waals surface area contributed by atoms with Gasteiger partial charge in [0.25, 0.3) is 5.91 Å². The minimum atomic E-state index is -0.00999. The van der Waals surface area contributed by atoms with Gasteiger partial charge in [-0.25, -0.2) is 0 Å². The number of fused-ring (bicyclic) bond motifs is 1. The van der Waals surface area contributed by atoms with Crippen LogP contribution in [0.25, 0.3) is 10.4 Å². The molecule has 2 aromatic heterocycles. The summed E-state index contributed by atoms with van der Waals surface area (Å²) in [6.45, 7) is 5.36. The molecule has 7 nitrogen and oxygen atoms in total. The number of ether oxygens (including phenoxy) is 3. The van der Waals surface area contributed by atoms with E-state index >= 15 is 0 Å². The molecule has 8 heteroatoms. The summed E-state index contributed by atoms with van der Waals surface area (Å²) in [5.41, 5.74) is 3.73. The van der Waals surface area contributed by atoms with Crippen LogP contribution in [-0.2, 0) is 17.8 Å². The molecule has 6 rings (SSSR count). The van der Waals surface area contributed by atoms with Crippen molar-refractivity contribution in [1.29, 1.82) is 0 Å². The van der Waals surface area contributed by atoms with Crippen molar-refractivity contribution in [2.45, 2.75) is 45.4 Å². The molecule has 0 unspecified atom stereocenters. The monoisotopic (exact) mass is 543 g/mol. The molecule has 0 aliphatic carbocycles. The highest BCUT2D eigenvalue weighted by molar-refractivity contribution is 7.15. The van der Waals surface area contributed by atoms with Gasteiger partial charge in [0.05, 0.1) is 19.2 Å². The lowest BCUT2D eigenvalue weighted by Gasteiger charge is -2.24. The number of aryl methyl sites for hydroxylation is 1. The molecule has 39 heavy (non-hydrogen) atoms. The van der Waals surface area contributed by atoms with Gasteiger partial charge in [0, 0.05) is 46.4 Å². The number of carbonyl (C=O) groups is 1. The zero-order valence-corrected chi connectivity index (χ0v) is 23.0. The molecule has 0 bridgehead atoms. The highest BCUT2D eigenvalue weighted by Crippen LogP contribution is 2.40. The molecule has 0 saturated carbocycles. The predicted octanol–water partition coefficient (Wildman–Crippen LogP) is 5.95. The molecule has 0 N–H and O–H groups in total. The van der Waals surface area contributed by atoms with E-state index in [0.717, 1.165) is 54.1 Å². The van der Waals surface area contributed by atoms with E-state index in [1.165, 1.54) is 9.75 Å². The Hall–Kier alpha value is -3.62. The average molecular weight is 544 g/mol. The first-order valence-electron chi connectivity index (χ1n) is 13.6. The lowest BCUT2D eigenvalue weighted by Crippen LogP contribution is -2.32. The van der Waals surface area contributed by atoms with E-state index in [1.807, 2.05) is 46.1 Å². The second-order valence-corrected chi connectivity index (χ2v) is 11.4. The molecule has 4 aromatic rings. The van der Waals surface area contributed by atoms with Crippen molar-refractivity contribution in [3.63, 3.8) is 0 Å². The third-order valence-corrected chi connectivity index (χ3v) is 8.24. The van der Waals surface area contributed by atoms with Crippen molar-refractivity contribution in [3.05, 3.63) is 88.6 Å². The Labute approximate surface area is 232 Å². The first-order chi connectivity index (χ1) is 19.1. The predicted molar refractivity (Wildman–Crippen MR) is 152 cm³/mol. The summed E-state index contributed by atoms with van der Waals surface area (Å²) in [5.74, 6) is 1.44. The second-order valence-electron chi connectivity index (χ2n) is 10.2. The van der Waals surface area contributed by atoms with Crippen LogP contribution >= 0.6 is 11.3 Å². The molecule has 1 fully saturated rings. The Balaban J connectivity index is 1.27. The number of aromatic nitrogens is 2. The summed E-state index contributed by atoms with van der Waals surface area (Å²) in [5, 5.41) is 4.29. The zero-order chi connectivity index (χ0) is 26.6. The van der Waals surface area contributed by atoms with Crippen LogP contribution in [0.15, 0.2) is 67.0 Å². The fourth-order valence-electron chi connectivity index (χ4n) is 5.18. The van der Waals surface area contributed by atoms with Crippen molar-refractivity contribution in [2.75, 3.05) is 26.4 Å². The SMILES string of the molecule is Cc1ccc(-c2cc3c(c(OC[C@H]4CCCCO4)c2)OCCN(C(=O)c2cccc(Cn4cccn4)c2)C3)s1. The Morgan fingerprint density at radius 3 is 2.87 bits per heavy atom. The molecule has 0 spiro atoms. The average Bonchev–Trinajstić information content (AvgIpc) is 3.58. The molecule has 2 aliphatic heterocycles. The molecular formula is C31H33N3O4S. The smallest absolute Gasteiger partial charge is 0.254 e. The topological polar surface area (TPSA) is 65.8 Å². The second kappa shape index (κ2) is 11.6. The third kappa shape index (κ3) is 6.02. The van der Waals surface area contributed by atoms with Gasteiger partial charge in [-0.2, -0.15) is 5.10 Å². The highest BCUT2D eigenvalue weighted by Gasteiger charge is 2.26.